The highest BCUT2D eigenvalue weighted by atomic mass is 16.4. The summed E-state index contributed by atoms with van der Waals surface area (Å²) in [7, 11) is 0. The number of benzene rings is 1. The van der Waals surface area contributed by atoms with Gasteiger partial charge in [0.05, 0.1) is 12.0 Å². The number of aryl methyl sites for hydroxylation is 2. The Morgan fingerprint density at radius 3 is 2.58 bits per heavy atom. The first kappa shape index (κ1) is 16.3. The molecule has 0 saturated carbocycles. The molecule has 0 saturated heterocycles. The normalized spacial score (nSPS) is 13.7. The Morgan fingerprint density at radius 1 is 1.21 bits per heavy atom. The van der Waals surface area contributed by atoms with E-state index in [0.717, 1.165) is 6.42 Å². The third kappa shape index (κ3) is 2.94. The molecule has 0 aliphatic carbocycles. The first-order valence-electron chi connectivity index (χ1n) is 8.27. The number of carboxylic acid groups (broad SMARTS) is 1. The van der Waals surface area contributed by atoms with Gasteiger partial charge in [0, 0.05) is 31.5 Å². The average molecular weight is 326 g/mol. The van der Waals surface area contributed by atoms with E-state index < -0.39 is 5.97 Å². The van der Waals surface area contributed by atoms with Gasteiger partial charge in [-0.05, 0) is 37.0 Å². The van der Waals surface area contributed by atoms with Crippen molar-refractivity contribution < 1.29 is 14.7 Å². The number of nitrogens with zero attached hydrogens (tertiary/aromatic N) is 2. The van der Waals surface area contributed by atoms with Gasteiger partial charge >= 0.3 is 5.97 Å². The zero-order valence-electron chi connectivity index (χ0n) is 14.1. The lowest BCUT2D eigenvalue weighted by atomic mass is 9.99. The molecule has 2 heterocycles. The Morgan fingerprint density at radius 2 is 1.92 bits per heavy atom. The number of carboxylic acids is 1. The fraction of sp³-hybridized carbons (Fsp3) is 0.368. The highest BCUT2D eigenvalue weighted by Crippen LogP contribution is 2.22. The van der Waals surface area contributed by atoms with Crippen molar-refractivity contribution in [3.05, 3.63) is 58.4 Å². The Labute approximate surface area is 141 Å². The Balaban J connectivity index is 1.82. The lowest BCUT2D eigenvalue weighted by Crippen LogP contribution is -2.37. The Hall–Kier alpha value is -2.56. The number of amides is 1. The van der Waals surface area contributed by atoms with E-state index in [0.29, 0.717) is 30.9 Å². The molecular formula is C19H22N2O3. The highest BCUT2D eigenvalue weighted by molar-refractivity contribution is 5.93. The Kier molecular flexibility index (Phi) is 4.42. The third-order valence-electron chi connectivity index (χ3n) is 4.74. The zero-order chi connectivity index (χ0) is 17.3. The second-order valence-corrected chi connectivity index (χ2v) is 6.24. The molecule has 1 aromatic heterocycles. The third-order valence-corrected chi connectivity index (χ3v) is 4.74. The van der Waals surface area contributed by atoms with Crippen molar-refractivity contribution >= 4 is 11.9 Å². The molecule has 2 aromatic rings. The van der Waals surface area contributed by atoms with E-state index in [1.54, 1.807) is 6.92 Å². The summed E-state index contributed by atoms with van der Waals surface area (Å²) in [5.41, 5.74) is 4.04. The number of aromatic nitrogens is 1. The van der Waals surface area contributed by atoms with Crippen LogP contribution in [0.3, 0.4) is 0 Å². The summed E-state index contributed by atoms with van der Waals surface area (Å²) in [5, 5.41) is 9.47. The van der Waals surface area contributed by atoms with Gasteiger partial charge in [-0.3, -0.25) is 4.79 Å². The van der Waals surface area contributed by atoms with Gasteiger partial charge in [-0.25, -0.2) is 4.79 Å². The molecule has 1 N–H and O–H groups in total. The van der Waals surface area contributed by atoms with Crippen molar-refractivity contribution in [2.24, 2.45) is 0 Å². The van der Waals surface area contributed by atoms with Crippen molar-refractivity contribution in [1.82, 2.24) is 9.47 Å². The predicted molar refractivity (Wildman–Crippen MR) is 91.1 cm³/mol. The number of carbonyl (C=O) groups excluding carboxylic acids is 1. The average Bonchev–Trinajstić information content (AvgIpc) is 2.89. The molecule has 0 radical (unpaired) electrons. The molecule has 3 rings (SSSR count). The lowest BCUT2D eigenvalue weighted by molar-refractivity contribution is -0.131. The van der Waals surface area contributed by atoms with Crippen molar-refractivity contribution in [2.45, 2.75) is 39.8 Å². The molecule has 5 heteroatoms. The summed E-state index contributed by atoms with van der Waals surface area (Å²) >= 11 is 0. The van der Waals surface area contributed by atoms with Crippen LogP contribution in [-0.4, -0.2) is 33.0 Å². The van der Waals surface area contributed by atoms with E-state index in [9.17, 15) is 14.7 Å². The van der Waals surface area contributed by atoms with Crippen LogP contribution in [0, 0.1) is 6.92 Å². The number of carbonyl (C=O) groups is 2. The van der Waals surface area contributed by atoms with Gasteiger partial charge in [-0.15, -0.1) is 0 Å². The predicted octanol–water partition coefficient (Wildman–Crippen LogP) is 2.64. The minimum Gasteiger partial charge on any atom is -0.478 e. The van der Waals surface area contributed by atoms with E-state index in [-0.39, 0.29) is 17.9 Å². The first-order valence-corrected chi connectivity index (χ1v) is 8.27. The van der Waals surface area contributed by atoms with Gasteiger partial charge in [0.1, 0.15) is 0 Å². The first-order chi connectivity index (χ1) is 11.5. The molecule has 1 aliphatic rings. The minimum atomic E-state index is -0.966. The largest absolute Gasteiger partial charge is 0.478 e. The maximum absolute atomic E-state index is 12.7. The van der Waals surface area contributed by atoms with Crippen LogP contribution in [0.5, 0.6) is 0 Å². The number of rotatable bonds is 4. The summed E-state index contributed by atoms with van der Waals surface area (Å²) in [4.78, 5) is 26.1. The summed E-state index contributed by atoms with van der Waals surface area (Å²) in [6.07, 6.45) is 2.80. The second-order valence-electron chi connectivity index (χ2n) is 6.24. The maximum atomic E-state index is 12.7. The van der Waals surface area contributed by atoms with Gasteiger partial charge in [0.25, 0.3) is 0 Å². The number of hydrogen-bond donors (Lipinski definition) is 1. The molecule has 1 aliphatic heterocycles. The van der Waals surface area contributed by atoms with Crippen LogP contribution in [0.1, 0.15) is 39.7 Å². The molecule has 126 valence electrons. The topological polar surface area (TPSA) is 62.5 Å². The van der Waals surface area contributed by atoms with Crippen LogP contribution in [0.2, 0.25) is 0 Å². The number of fused-ring (bicyclic) bond motifs is 1. The molecule has 5 nitrogen and oxygen atoms in total. The van der Waals surface area contributed by atoms with E-state index >= 15 is 0 Å². The Bertz CT molecular complexity index is 792. The minimum absolute atomic E-state index is 0.0141. The quantitative estimate of drug-likeness (QED) is 0.939. The van der Waals surface area contributed by atoms with Crippen LogP contribution in [0.4, 0.5) is 0 Å². The zero-order valence-corrected chi connectivity index (χ0v) is 14.1. The van der Waals surface area contributed by atoms with E-state index in [1.807, 2.05) is 34.7 Å². The molecule has 0 unspecified atom stereocenters. The number of aromatic carboxylic acids is 1. The van der Waals surface area contributed by atoms with Crippen LogP contribution < -0.4 is 0 Å². The van der Waals surface area contributed by atoms with Gasteiger partial charge in [-0.2, -0.15) is 0 Å². The van der Waals surface area contributed by atoms with Crippen molar-refractivity contribution in [2.75, 3.05) is 6.54 Å². The molecular weight excluding hydrogens is 304 g/mol. The molecule has 24 heavy (non-hydrogen) atoms. The van der Waals surface area contributed by atoms with Crippen molar-refractivity contribution in [1.29, 1.82) is 0 Å². The fourth-order valence-electron chi connectivity index (χ4n) is 3.48. The molecule has 0 bridgehead atoms. The fourth-order valence-corrected chi connectivity index (χ4v) is 3.48. The van der Waals surface area contributed by atoms with Crippen LogP contribution in [0.15, 0.2) is 30.5 Å². The molecule has 1 amide bonds. The highest BCUT2D eigenvalue weighted by Gasteiger charge is 2.25. The van der Waals surface area contributed by atoms with Gasteiger partial charge in [-0.1, -0.05) is 24.3 Å². The lowest BCUT2D eigenvalue weighted by Gasteiger charge is -2.29. The van der Waals surface area contributed by atoms with Crippen molar-refractivity contribution in [3.63, 3.8) is 0 Å². The number of hydrogen-bond acceptors (Lipinski definition) is 2. The van der Waals surface area contributed by atoms with Crippen LogP contribution >= 0.6 is 0 Å². The summed E-state index contributed by atoms with van der Waals surface area (Å²) in [6, 6.07) is 8.16. The van der Waals surface area contributed by atoms with E-state index in [4.69, 9.17) is 0 Å². The standard InChI is InChI=1S/C19H22N2O3/c1-3-20-11-13(2)18(19(23)24)16(20)10-17(22)21-9-8-14-6-4-5-7-15(14)12-21/h4-7,11H,3,8-10,12H2,1-2H3,(H,23,24). The van der Waals surface area contributed by atoms with E-state index in [1.165, 1.54) is 11.1 Å². The van der Waals surface area contributed by atoms with Gasteiger partial charge in [0.15, 0.2) is 0 Å². The smallest absolute Gasteiger partial charge is 0.337 e. The molecule has 0 atom stereocenters. The van der Waals surface area contributed by atoms with Gasteiger partial charge in [0.2, 0.25) is 5.91 Å². The second kappa shape index (κ2) is 6.51. The summed E-state index contributed by atoms with van der Waals surface area (Å²) < 4.78 is 1.87. The monoisotopic (exact) mass is 326 g/mol. The SMILES string of the molecule is CCn1cc(C)c(C(=O)O)c1CC(=O)N1CCc2ccccc2C1. The van der Waals surface area contributed by atoms with Crippen molar-refractivity contribution in [3.8, 4) is 0 Å². The van der Waals surface area contributed by atoms with Gasteiger partial charge < -0.3 is 14.6 Å². The summed E-state index contributed by atoms with van der Waals surface area (Å²) in [5.74, 6) is -0.980. The van der Waals surface area contributed by atoms with E-state index in [2.05, 4.69) is 12.1 Å². The van der Waals surface area contributed by atoms with Crippen LogP contribution in [0.25, 0.3) is 0 Å². The molecule has 0 spiro atoms. The molecule has 0 fully saturated rings. The van der Waals surface area contributed by atoms with Crippen LogP contribution in [-0.2, 0) is 30.7 Å². The molecule has 1 aromatic carbocycles. The summed E-state index contributed by atoms with van der Waals surface area (Å²) in [6.45, 7) is 5.67. The maximum Gasteiger partial charge on any atom is 0.337 e.